The Morgan fingerprint density at radius 2 is 2.05 bits per heavy atom. The van der Waals surface area contributed by atoms with E-state index in [-0.39, 0.29) is 11.3 Å². The number of nitrogens with one attached hydrogen (secondary N) is 1. The maximum Gasteiger partial charge on any atom is 0.258 e. The van der Waals surface area contributed by atoms with E-state index in [9.17, 15) is 4.79 Å². The van der Waals surface area contributed by atoms with Gasteiger partial charge in [0.15, 0.2) is 0 Å². The molecule has 0 saturated heterocycles. The Hall–Kier alpha value is -2.30. The molecule has 1 aromatic carbocycles. The lowest BCUT2D eigenvalue weighted by Crippen LogP contribution is -2.15. The van der Waals surface area contributed by atoms with E-state index in [0.717, 1.165) is 5.56 Å². The molecule has 0 aliphatic rings. The van der Waals surface area contributed by atoms with E-state index in [1.807, 2.05) is 18.2 Å². The Labute approximate surface area is 124 Å². The second kappa shape index (κ2) is 5.60. The van der Waals surface area contributed by atoms with Gasteiger partial charge in [-0.05, 0) is 23.1 Å². The first kappa shape index (κ1) is 15.1. The fraction of sp³-hybridized carbons (Fsp3) is 0.375. The fourth-order valence-corrected chi connectivity index (χ4v) is 2.01. The molecule has 0 saturated carbocycles. The standard InChI is InChI=1S/C16H21N3O2/c1-16(2,3)12-6-7-14(21-5)13(8-12)18-15(20)11-9-17-19(4)10-11/h6-10H,1-5H3,(H,18,20). The second-order valence-corrected chi connectivity index (χ2v) is 6.02. The molecule has 0 bridgehead atoms. The lowest BCUT2D eigenvalue weighted by Gasteiger charge is -2.21. The number of carbonyl (C=O) groups excluding carboxylic acids is 1. The number of nitrogens with zero attached hydrogens (tertiary/aromatic N) is 2. The number of carbonyl (C=O) groups is 1. The van der Waals surface area contributed by atoms with Crippen LogP contribution in [0.5, 0.6) is 5.75 Å². The first-order valence-corrected chi connectivity index (χ1v) is 6.80. The molecule has 0 atom stereocenters. The SMILES string of the molecule is COc1ccc(C(C)(C)C)cc1NC(=O)c1cnn(C)c1. The van der Waals surface area contributed by atoms with Crippen LogP contribution in [0.1, 0.15) is 36.7 Å². The third-order valence-electron chi connectivity index (χ3n) is 3.28. The summed E-state index contributed by atoms with van der Waals surface area (Å²) in [6.07, 6.45) is 3.21. The van der Waals surface area contributed by atoms with Gasteiger partial charge < -0.3 is 10.1 Å². The summed E-state index contributed by atoms with van der Waals surface area (Å²) in [4.78, 5) is 12.2. The third-order valence-corrected chi connectivity index (χ3v) is 3.28. The van der Waals surface area contributed by atoms with Gasteiger partial charge in [-0.25, -0.2) is 0 Å². The van der Waals surface area contributed by atoms with Crippen molar-refractivity contribution in [2.75, 3.05) is 12.4 Å². The molecule has 21 heavy (non-hydrogen) atoms. The normalized spacial score (nSPS) is 11.3. The van der Waals surface area contributed by atoms with Crippen molar-refractivity contribution < 1.29 is 9.53 Å². The first-order chi connectivity index (χ1) is 9.81. The average Bonchev–Trinajstić information content (AvgIpc) is 2.84. The van der Waals surface area contributed by atoms with Gasteiger partial charge >= 0.3 is 0 Å². The minimum atomic E-state index is -0.201. The van der Waals surface area contributed by atoms with Crippen LogP contribution >= 0.6 is 0 Å². The number of hydrogen-bond donors (Lipinski definition) is 1. The van der Waals surface area contributed by atoms with E-state index in [2.05, 4.69) is 31.2 Å². The summed E-state index contributed by atoms with van der Waals surface area (Å²) >= 11 is 0. The Balaban J connectivity index is 2.31. The van der Waals surface area contributed by atoms with Gasteiger partial charge in [-0.15, -0.1) is 0 Å². The van der Waals surface area contributed by atoms with Crippen molar-refractivity contribution in [2.45, 2.75) is 26.2 Å². The number of amides is 1. The summed E-state index contributed by atoms with van der Waals surface area (Å²) in [6.45, 7) is 6.38. The van der Waals surface area contributed by atoms with Crippen molar-refractivity contribution in [2.24, 2.45) is 7.05 Å². The van der Waals surface area contributed by atoms with Crippen molar-refractivity contribution in [1.29, 1.82) is 0 Å². The molecule has 2 rings (SSSR count). The Bertz CT molecular complexity index is 654. The molecule has 1 N–H and O–H groups in total. The molecular formula is C16H21N3O2. The summed E-state index contributed by atoms with van der Waals surface area (Å²) in [6, 6.07) is 5.84. The van der Waals surface area contributed by atoms with Gasteiger partial charge in [-0.1, -0.05) is 26.8 Å². The third kappa shape index (κ3) is 3.42. The predicted molar refractivity (Wildman–Crippen MR) is 82.9 cm³/mol. The number of methoxy groups -OCH3 is 1. The lowest BCUT2D eigenvalue weighted by atomic mass is 9.87. The van der Waals surface area contributed by atoms with Crippen molar-refractivity contribution in [3.8, 4) is 5.75 Å². The Kier molecular flexibility index (Phi) is 4.02. The summed E-state index contributed by atoms with van der Waals surface area (Å²) in [5, 5.41) is 6.89. The molecule has 0 radical (unpaired) electrons. The van der Waals surface area contributed by atoms with Gasteiger partial charge in [-0.3, -0.25) is 9.48 Å². The molecule has 0 spiro atoms. The number of benzene rings is 1. The monoisotopic (exact) mass is 287 g/mol. The molecule has 0 aliphatic heterocycles. The molecule has 0 unspecified atom stereocenters. The second-order valence-electron chi connectivity index (χ2n) is 6.02. The maximum atomic E-state index is 12.2. The summed E-state index contributed by atoms with van der Waals surface area (Å²) in [7, 11) is 3.36. The van der Waals surface area contributed by atoms with Crippen LogP contribution in [0.2, 0.25) is 0 Å². The summed E-state index contributed by atoms with van der Waals surface area (Å²) < 4.78 is 6.91. The van der Waals surface area contributed by atoms with Crippen molar-refractivity contribution in [3.63, 3.8) is 0 Å². The predicted octanol–water partition coefficient (Wildman–Crippen LogP) is 2.98. The van der Waals surface area contributed by atoms with E-state index in [0.29, 0.717) is 17.0 Å². The van der Waals surface area contributed by atoms with Crippen LogP contribution in [0.15, 0.2) is 30.6 Å². The van der Waals surface area contributed by atoms with E-state index < -0.39 is 0 Å². The van der Waals surface area contributed by atoms with Gasteiger partial charge in [0.05, 0.1) is 24.6 Å². The number of rotatable bonds is 3. The van der Waals surface area contributed by atoms with Crippen molar-refractivity contribution >= 4 is 11.6 Å². The van der Waals surface area contributed by atoms with E-state index >= 15 is 0 Å². The highest BCUT2D eigenvalue weighted by molar-refractivity contribution is 6.04. The minimum Gasteiger partial charge on any atom is -0.495 e. The fourth-order valence-electron chi connectivity index (χ4n) is 2.01. The molecule has 2 aromatic rings. The van der Waals surface area contributed by atoms with Crippen molar-refractivity contribution in [1.82, 2.24) is 9.78 Å². The van der Waals surface area contributed by atoms with Gasteiger partial charge in [0.2, 0.25) is 0 Å². The molecule has 0 fully saturated rings. The molecular weight excluding hydrogens is 266 g/mol. The lowest BCUT2D eigenvalue weighted by molar-refractivity contribution is 0.102. The molecule has 0 aliphatic carbocycles. The van der Waals surface area contributed by atoms with Gasteiger partial charge in [-0.2, -0.15) is 5.10 Å². The molecule has 5 heteroatoms. The highest BCUT2D eigenvalue weighted by Gasteiger charge is 2.17. The van der Waals surface area contributed by atoms with Gasteiger partial charge in [0.1, 0.15) is 5.75 Å². The molecule has 1 amide bonds. The molecule has 1 heterocycles. The number of hydrogen-bond acceptors (Lipinski definition) is 3. The van der Waals surface area contributed by atoms with E-state index in [1.54, 1.807) is 25.0 Å². The van der Waals surface area contributed by atoms with Crippen LogP contribution in [-0.2, 0) is 12.5 Å². The highest BCUT2D eigenvalue weighted by Crippen LogP contribution is 2.31. The number of ether oxygens (including phenoxy) is 1. The molecule has 1 aromatic heterocycles. The topological polar surface area (TPSA) is 56.1 Å². The number of aromatic nitrogens is 2. The highest BCUT2D eigenvalue weighted by atomic mass is 16.5. The number of aryl methyl sites for hydroxylation is 1. The quantitative estimate of drug-likeness (QED) is 0.944. The van der Waals surface area contributed by atoms with E-state index in [4.69, 9.17) is 4.74 Å². The van der Waals surface area contributed by atoms with Crippen LogP contribution in [0.4, 0.5) is 5.69 Å². The van der Waals surface area contributed by atoms with Crippen LogP contribution in [0.3, 0.4) is 0 Å². The zero-order chi connectivity index (χ0) is 15.6. The molecule has 5 nitrogen and oxygen atoms in total. The zero-order valence-electron chi connectivity index (χ0n) is 13.1. The van der Waals surface area contributed by atoms with Crippen LogP contribution < -0.4 is 10.1 Å². The largest absolute Gasteiger partial charge is 0.495 e. The van der Waals surface area contributed by atoms with E-state index in [1.165, 1.54) is 6.20 Å². The zero-order valence-corrected chi connectivity index (χ0v) is 13.1. The average molecular weight is 287 g/mol. The van der Waals surface area contributed by atoms with Crippen LogP contribution in [-0.4, -0.2) is 22.8 Å². The summed E-state index contributed by atoms with van der Waals surface area (Å²) in [5.41, 5.74) is 2.31. The molecule has 112 valence electrons. The van der Waals surface area contributed by atoms with Crippen molar-refractivity contribution in [3.05, 3.63) is 41.7 Å². The summed E-state index contributed by atoms with van der Waals surface area (Å²) in [5.74, 6) is 0.438. The van der Waals surface area contributed by atoms with Crippen LogP contribution in [0, 0.1) is 0 Å². The Morgan fingerprint density at radius 3 is 2.57 bits per heavy atom. The minimum absolute atomic E-state index is 0.0000511. The maximum absolute atomic E-state index is 12.2. The number of anilines is 1. The van der Waals surface area contributed by atoms with Gasteiger partial charge in [0, 0.05) is 13.2 Å². The smallest absolute Gasteiger partial charge is 0.258 e. The Morgan fingerprint density at radius 1 is 1.33 bits per heavy atom. The first-order valence-electron chi connectivity index (χ1n) is 6.80. The van der Waals surface area contributed by atoms with Crippen LogP contribution in [0.25, 0.3) is 0 Å². The van der Waals surface area contributed by atoms with Gasteiger partial charge in [0.25, 0.3) is 5.91 Å².